The van der Waals surface area contributed by atoms with Gasteiger partial charge in [0.25, 0.3) is 5.91 Å². The van der Waals surface area contributed by atoms with E-state index >= 15 is 0 Å². The number of halogens is 1. The molecule has 1 aliphatic heterocycles. The van der Waals surface area contributed by atoms with Crippen LogP contribution in [0.5, 0.6) is 0 Å². The van der Waals surface area contributed by atoms with E-state index in [4.69, 9.17) is 14.5 Å². The maximum atomic E-state index is 13.7. The predicted molar refractivity (Wildman–Crippen MR) is 176 cm³/mol. The van der Waals surface area contributed by atoms with Crippen LogP contribution in [0, 0.1) is 23.1 Å². The van der Waals surface area contributed by atoms with Crippen LogP contribution in [-0.2, 0) is 16.1 Å². The fourth-order valence-corrected chi connectivity index (χ4v) is 6.17. The molecular weight excluding hydrogens is 577 g/mol. The normalized spacial score (nSPS) is 15.5. The quantitative estimate of drug-likeness (QED) is 0.0959. The molecule has 44 heavy (non-hydrogen) atoms. The van der Waals surface area contributed by atoms with Gasteiger partial charge < -0.3 is 25.1 Å². The second kappa shape index (κ2) is 16.0. The molecule has 1 saturated carbocycles. The van der Waals surface area contributed by atoms with Crippen LogP contribution >= 0.6 is 11.9 Å². The van der Waals surface area contributed by atoms with E-state index in [1.165, 1.54) is 24.1 Å². The largest absolute Gasteiger partial charge is 0.384 e. The molecule has 2 aliphatic rings. The second-order valence-corrected chi connectivity index (χ2v) is 12.4. The fraction of sp³-hybridized carbons (Fsp3) is 0.441. The minimum atomic E-state index is -0.332. The standard InChI is InChI=1S/C34H42FN5O3S/c1-42-22-25-15-17-40(18-16-25)30-21-29(34(41)39-44-20-6-19-43-23-24-7-3-2-4-8-24)38-33(31(30)32(36)26-9-5-10-26)37-28-13-11-27(35)12-14-28/h2-4,7-8,11-14,21,25-26,36H,5-6,9-10,15-20,22-23H2,1H3,(H,37,38)(H,39,41). The number of ether oxygens (including phenoxy) is 2. The average Bonchev–Trinajstić information content (AvgIpc) is 3.01. The first-order valence-corrected chi connectivity index (χ1v) is 16.4. The molecule has 0 bridgehead atoms. The summed E-state index contributed by atoms with van der Waals surface area (Å²) in [5, 5.41) is 12.5. The number of methoxy groups -OCH3 is 1. The molecule has 1 aromatic heterocycles. The molecule has 3 aromatic rings. The number of aromatic nitrogens is 1. The van der Waals surface area contributed by atoms with Crippen LogP contribution < -0.4 is 14.9 Å². The van der Waals surface area contributed by atoms with Gasteiger partial charge in [0.1, 0.15) is 17.3 Å². The first-order chi connectivity index (χ1) is 21.5. The third-order valence-corrected chi connectivity index (χ3v) is 9.11. The first-order valence-electron chi connectivity index (χ1n) is 15.5. The van der Waals surface area contributed by atoms with Crippen LogP contribution in [-0.4, -0.2) is 55.8 Å². The Morgan fingerprint density at radius 3 is 2.52 bits per heavy atom. The van der Waals surface area contributed by atoms with Crippen LogP contribution in [0.25, 0.3) is 0 Å². The van der Waals surface area contributed by atoms with E-state index in [0.29, 0.717) is 42.1 Å². The highest BCUT2D eigenvalue weighted by molar-refractivity contribution is 7.97. The number of nitrogens with one attached hydrogen (secondary N) is 3. The molecule has 5 rings (SSSR count). The molecule has 2 fully saturated rings. The topological polar surface area (TPSA) is 99.6 Å². The maximum Gasteiger partial charge on any atom is 0.279 e. The van der Waals surface area contributed by atoms with E-state index in [2.05, 4.69) is 14.9 Å². The molecule has 234 valence electrons. The number of anilines is 3. The van der Waals surface area contributed by atoms with E-state index in [-0.39, 0.29) is 23.3 Å². The van der Waals surface area contributed by atoms with E-state index in [1.54, 1.807) is 19.2 Å². The zero-order chi connectivity index (χ0) is 30.7. The predicted octanol–water partition coefficient (Wildman–Crippen LogP) is 6.98. The minimum Gasteiger partial charge on any atom is -0.384 e. The Hall–Kier alpha value is -3.47. The van der Waals surface area contributed by atoms with Crippen molar-refractivity contribution < 1.29 is 18.7 Å². The van der Waals surface area contributed by atoms with Crippen molar-refractivity contribution in [3.05, 3.63) is 83.3 Å². The summed E-state index contributed by atoms with van der Waals surface area (Å²) in [5.74, 6) is 1.18. The van der Waals surface area contributed by atoms with Gasteiger partial charge in [0.15, 0.2) is 0 Å². The summed E-state index contributed by atoms with van der Waals surface area (Å²) < 4.78 is 27.8. The highest BCUT2D eigenvalue weighted by Gasteiger charge is 2.31. The summed E-state index contributed by atoms with van der Waals surface area (Å²) in [6, 6.07) is 18.0. The maximum absolute atomic E-state index is 13.7. The lowest BCUT2D eigenvalue weighted by Crippen LogP contribution is -2.37. The van der Waals surface area contributed by atoms with Crippen LogP contribution in [0.3, 0.4) is 0 Å². The van der Waals surface area contributed by atoms with Gasteiger partial charge in [-0.05, 0) is 73.9 Å². The van der Waals surface area contributed by atoms with Crippen molar-refractivity contribution in [2.45, 2.75) is 45.1 Å². The number of rotatable bonds is 15. The summed E-state index contributed by atoms with van der Waals surface area (Å²) in [5.41, 5.74) is 4.18. The summed E-state index contributed by atoms with van der Waals surface area (Å²) in [6.45, 7) is 3.51. The van der Waals surface area contributed by atoms with E-state index in [1.807, 2.05) is 36.4 Å². The highest BCUT2D eigenvalue weighted by atomic mass is 32.2. The lowest BCUT2D eigenvalue weighted by molar-refractivity contribution is 0.0979. The molecule has 1 saturated heterocycles. The van der Waals surface area contributed by atoms with Gasteiger partial charge >= 0.3 is 0 Å². The van der Waals surface area contributed by atoms with Crippen LogP contribution in [0.4, 0.5) is 21.6 Å². The van der Waals surface area contributed by atoms with Crippen LogP contribution in [0.1, 0.15) is 60.1 Å². The van der Waals surface area contributed by atoms with Gasteiger partial charge in [-0.15, -0.1) is 0 Å². The molecule has 0 atom stereocenters. The number of benzene rings is 2. The number of piperidine rings is 1. The number of carbonyl (C=O) groups is 1. The zero-order valence-corrected chi connectivity index (χ0v) is 26.1. The molecule has 2 aromatic carbocycles. The summed E-state index contributed by atoms with van der Waals surface area (Å²) in [6.07, 6.45) is 5.78. The average molecular weight is 620 g/mol. The van der Waals surface area contributed by atoms with Gasteiger partial charge in [-0.25, -0.2) is 9.37 Å². The summed E-state index contributed by atoms with van der Waals surface area (Å²) in [4.78, 5) is 20.5. The van der Waals surface area contributed by atoms with E-state index < -0.39 is 0 Å². The Morgan fingerprint density at radius 2 is 1.84 bits per heavy atom. The molecule has 0 unspecified atom stereocenters. The van der Waals surface area contributed by atoms with Gasteiger partial charge in [0, 0.05) is 56.5 Å². The number of carbonyl (C=O) groups excluding carboxylic acids is 1. The number of pyridine rings is 1. The van der Waals surface area contributed by atoms with Crippen molar-refractivity contribution in [3.63, 3.8) is 0 Å². The molecule has 1 aliphatic carbocycles. The first kappa shape index (κ1) is 31.9. The molecule has 2 heterocycles. The van der Waals surface area contributed by atoms with Gasteiger partial charge in [-0.3, -0.25) is 9.52 Å². The lowest BCUT2D eigenvalue weighted by atomic mass is 9.79. The molecule has 10 heteroatoms. The van der Waals surface area contributed by atoms with Crippen molar-refractivity contribution in [3.8, 4) is 0 Å². The van der Waals surface area contributed by atoms with Crippen LogP contribution in [0.2, 0.25) is 0 Å². The SMILES string of the molecule is COCC1CCN(c2cc(C(=O)NSCCCOCc3ccccc3)nc(Nc3ccc(F)cc3)c2C(=N)C2CCC2)CC1. The van der Waals surface area contributed by atoms with E-state index in [9.17, 15) is 14.6 Å². The smallest absolute Gasteiger partial charge is 0.279 e. The molecule has 8 nitrogen and oxygen atoms in total. The number of hydrogen-bond acceptors (Lipinski definition) is 8. The van der Waals surface area contributed by atoms with Crippen molar-refractivity contribution in [2.75, 3.05) is 49.4 Å². The monoisotopic (exact) mass is 619 g/mol. The van der Waals surface area contributed by atoms with Crippen molar-refractivity contribution >= 4 is 40.8 Å². The summed E-state index contributed by atoms with van der Waals surface area (Å²) in [7, 11) is 1.74. The molecule has 0 radical (unpaired) electrons. The Kier molecular flexibility index (Phi) is 11.6. The highest BCUT2D eigenvalue weighted by Crippen LogP contribution is 2.38. The Labute approximate surface area is 263 Å². The third-order valence-electron chi connectivity index (χ3n) is 8.29. The van der Waals surface area contributed by atoms with Crippen molar-refractivity contribution in [1.29, 1.82) is 5.41 Å². The molecule has 3 N–H and O–H groups in total. The summed E-state index contributed by atoms with van der Waals surface area (Å²) >= 11 is 1.34. The zero-order valence-electron chi connectivity index (χ0n) is 25.3. The fourth-order valence-electron chi connectivity index (χ4n) is 5.57. The minimum absolute atomic E-state index is 0.162. The van der Waals surface area contributed by atoms with Crippen molar-refractivity contribution in [2.24, 2.45) is 11.8 Å². The van der Waals surface area contributed by atoms with Gasteiger partial charge in [0.2, 0.25) is 0 Å². The number of nitrogens with zero attached hydrogens (tertiary/aromatic N) is 2. The number of hydrogen-bond donors (Lipinski definition) is 3. The lowest BCUT2D eigenvalue weighted by Gasteiger charge is -2.36. The third kappa shape index (κ3) is 8.58. The second-order valence-electron chi connectivity index (χ2n) is 11.5. The Bertz CT molecular complexity index is 1380. The molecule has 1 amide bonds. The number of amides is 1. The van der Waals surface area contributed by atoms with Gasteiger partial charge in [-0.2, -0.15) is 0 Å². The van der Waals surface area contributed by atoms with Crippen LogP contribution in [0.15, 0.2) is 60.7 Å². The van der Waals surface area contributed by atoms with Gasteiger partial charge in [-0.1, -0.05) is 48.7 Å². The van der Waals surface area contributed by atoms with Gasteiger partial charge in [0.05, 0.1) is 17.9 Å². The van der Waals surface area contributed by atoms with Crippen molar-refractivity contribution in [1.82, 2.24) is 9.71 Å². The molecular formula is C34H42FN5O3S. The Balaban J connectivity index is 1.32. The molecule has 0 spiro atoms. The Morgan fingerprint density at radius 1 is 1.09 bits per heavy atom. The van der Waals surface area contributed by atoms with E-state index in [0.717, 1.165) is 75.0 Å².